The average Bonchev–Trinajstić information content (AvgIpc) is 3.05. The SMILES string of the molecule is CSc1ccccc1C(=O)Nc1nc(-c2cc(F)ccc2F)cs1. The molecule has 3 rings (SSSR count). The van der Waals surface area contributed by atoms with E-state index >= 15 is 0 Å². The van der Waals surface area contributed by atoms with E-state index in [1.54, 1.807) is 17.5 Å². The van der Waals surface area contributed by atoms with Crippen molar-refractivity contribution in [1.82, 2.24) is 4.98 Å². The van der Waals surface area contributed by atoms with Gasteiger partial charge >= 0.3 is 0 Å². The molecule has 0 spiro atoms. The smallest absolute Gasteiger partial charge is 0.258 e. The number of hydrogen-bond donors (Lipinski definition) is 1. The minimum atomic E-state index is -0.563. The number of anilines is 1. The average molecular weight is 362 g/mol. The molecule has 122 valence electrons. The maximum atomic E-state index is 13.8. The van der Waals surface area contributed by atoms with Crippen LogP contribution in [-0.2, 0) is 0 Å². The molecule has 0 aliphatic rings. The van der Waals surface area contributed by atoms with Gasteiger partial charge in [-0.05, 0) is 36.6 Å². The van der Waals surface area contributed by atoms with E-state index in [1.165, 1.54) is 11.8 Å². The van der Waals surface area contributed by atoms with Crippen molar-refractivity contribution in [3.8, 4) is 11.3 Å². The normalized spacial score (nSPS) is 10.6. The van der Waals surface area contributed by atoms with E-state index in [0.29, 0.717) is 10.7 Å². The Morgan fingerprint density at radius 2 is 2.00 bits per heavy atom. The van der Waals surface area contributed by atoms with E-state index in [-0.39, 0.29) is 17.2 Å². The van der Waals surface area contributed by atoms with Crippen LogP contribution >= 0.6 is 23.1 Å². The minimum absolute atomic E-state index is 0.0660. The highest BCUT2D eigenvalue weighted by Crippen LogP contribution is 2.28. The monoisotopic (exact) mass is 362 g/mol. The summed E-state index contributed by atoms with van der Waals surface area (Å²) in [5.41, 5.74) is 0.889. The summed E-state index contributed by atoms with van der Waals surface area (Å²) < 4.78 is 27.1. The zero-order valence-electron chi connectivity index (χ0n) is 12.5. The van der Waals surface area contributed by atoms with Gasteiger partial charge in [-0.15, -0.1) is 23.1 Å². The van der Waals surface area contributed by atoms with Crippen LogP contribution in [0.15, 0.2) is 52.7 Å². The number of rotatable bonds is 4. The minimum Gasteiger partial charge on any atom is -0.298 e. The highest BCUT2D eigenvalue weighted by molar-refractivity contribution is 7.98. The molecule has 0 bridgehead atoms. The lowest BCUT2D eigenvalue weighted by Crippen LogP contribution is -2.12. The summed E-state index contributed by atoms with van der Waals surface area (Å²) in [5, 5.41) is 4.60. The van der Waals surface area contributed by atoms with Crippen LogP contribution in [0.3, 0.4) is 0 Å². The van der Waals surface area contributed by atoms with Crippen molar-refractivity contribution < 1.29 is 13.6 Å². The molecule has 1 amide bonds. The zero-order valence-corrected chi connectivity index (χ0v) is 14.2. The van der Waals surface area contributed by atoms with Crippen LogP contribution in [0.4, 0.5) is 13.9 Å². The third-order valence-electron chi connectivity index (χ3n) is 3.28. The molecular formula is C17H12F2N2OS2. The van der Waals surface area contributed by atoms with Crippen LogP contribution in [0.2, 0.25) is 0 Å². The summed E-state index contributed by atoms with van der Waals surface area (Å²) in [7, 11) is 0. The van der Waals surface area contributed by atoms with E-state index in [0.717, 1.165) is 34.4 Å². The Morgan fingerprint density at radius 1 is 1.21 bits per heavy atom. The van der Waals surface area contributed by atoms with Gasteiger partial charge in [0, 0.05) is 15.8 Å². The molecule has 24 heavy (non-hydrogen) atoms. The Labute approximate surface area is 145 Å². The van der Waals surface area contributed by atoms with E-state index in [4.69, 9.17) is 0 Å². The molecule has 3 aromatic rings. The fraction of sp³-hybridized carbons (Fsp3) is 0.0588. The van der Waals surface area contributed by atoms with Crippen molar-refractivity contribution in [1.29, 1.82) is 0 Å². The lowest BCUT2D eigenvalue weighted by atomic mass is 10.1. The number of benzene rings is 2. The molecule has 1 aromatic heterocycles. The molecule has 2 aromatic carbocycles. The van der Waals surface area contributed by atoms with Gasteiger partial charge < -0.3 is 0 Å². The zero-order chi connectivity index (χ0) is 17.1. The summed E-state index contributed by atoms with van der Waals surface area (Å²) in [6, 6.07) is 10.4. The second-order valence-corrected chi connectivity index (χ2v) is 6.52. The van der Waals surface area contributed by atoms with Gasteiger partial charge in [-0.25, -0.2) is 13.8 Å². The van der Waals surface area contributed by atoms with Crippen LogP contribution in [0.5, 0.6) is 0 Å². The molecule has 0 saturated carbocycles. The van der Waals surface area contributed by atoms with E-state index < -0.39 is 11.6 Å². The van der Waals surface area contributed by atoms with Crippen LogP contribution in [0.1, 0.15) is 10.4 Å². The third kappa shape index (κ3) is 3.47. The predicted molar refractivity (Wildman–Crippen MR) is 93.6 cm³/mol. The first-order chi connectivity index (χ1) is 11.6. The fourth-order valence-electron chi connectivity index (χ4n) is 2.15. The Hall–Kier alpha value is -2.25. The number of thioether (sulfide) groups is 1. The topological polar surface area (TPSA) is 42.0 Å². The van der Waals surface area contributed by atoms with E-state index in [1.807, 2.05) is 18.4 Å². The van der Waals surface area contributed by atoms with Crippen LogP contribution in [-0.4, -0.2) is 17.1 Å². The van der Waals surface area contributed by atoms with Crippen LogP contribution in [0, 0.1) is 11.6 Å². The molecule has 0 fully saturated rings. The van der Waals surface area contributed by atoms with Gasteiger partial charge in [0.15, 0.2) is 5.13 Å². The Bertz CT molecular complexity index is 896. The first-order valence-corrected chi connectivity index (χ1v) is 9.04. The maximum Gasteiger partial charge on any atom is 0.258 e. The number of hydrogen-bond acceptors (Lipinski definition) is 4. The summed E-state index contributed by atoms with van der Waals surface area (Å²) in [5.74, 6) is -1.40. The molecule has 0 atom stereocenters. The molecule has 0 aliphatic heterocycles. The van der Waals surface area contributed by atoms with Gasteiger partial charge in [0.2, 0.25) is 0 Å². The van der Waals surface area contributed by atoms with E-state index in [9.17, 15) is 13.6 Å². The number of halogens is 2. The molecular weight excluding hydrogens is 350 g/mol. The van der Waals surface area contributed by atoms with Gasteiger partial charge in [-0.3, -0.25) is 10.1 Å². The Balaban J connectivity index is 1.84. The molecule has 0 radical (unpaired) electrons. The lowest BCUT2D eigenvalue weighted by molar-refractivity contribution is 0.102. The first kappa shape index (κ1) is 16.6. The molecule has 3 nitrogen and oxygen atoms in total. The highest BCUT2D eigenvalue weighted by atomic mass is 32.2. The van der Waals surface area contributed by atoms with Crippen LogP contribution < -0.4 is 5.32 Å². The molecule has 0 saturated heterocycles. The summed E-state index contributed by atoms with van der Waals surface area (Å²) in [6.45, 7) is 0. The predicted octanol–water partition coefficient (Wildman–Crippen LogP) is 5.06. The van der Waals surface area contributed by atoms with Crippen molar-refractivity contribution in [2.24, 2.45) is 0 Å². The Kier molecular flexibility index (Phi) is 4.92. The standard InChI is InChI=1S/C17H12F2N2OS2/c1-23-15-5-3-2-4-11(15)16(22)21-17-20-14(9-24-17)12-8-10(18)6-7-13(12)19/h2-9H,1H3,(H,20,21,22). The van der Waals surface area contributed by atoms with Gasteiger partial charge in [-0.1, -0.05) is 12.1 Å². The third-order valence-corrected chi connectivity index (χ3v) is 4.83. The van der Waals surface area contributed by atoms with Gasteiger partial charge in [-0.2, -0.15) is 0 Å². The van der Waals surface area contributed by atoms with Crippen molar-refractivity contribution in [3.05, 3.63) is 65.0 Å². The molecule has 1 N–H and O–H groups in total. The summed E-state index contributed by atoms with van der Waals surface area (Å²) in [6.07, 6.45) is 1.89. The quantitative estimate of drug-likeness (QED) is 0.660. The fourth-order valence-corrected chi connectivity index (χ4v) is 3.45. The number of thiazole rings is 1. The molecule has 0 aliphatic carbocycles. The summed E-state index contributed by atoms with van der Waals surface area (Å²) >= 11 is 2.63. The second-order valence-electron chi connectivity index (χ2n) is 4.82. The number of carbonyl (C=O) groups excluding carboxylic acids is 1. The van der Waals surface area contributed by atoms with Crippen LogP contribution in [0.25, 0.3) is 11.3 Å². The van der Waals surface area contributed by atoms with Crippen molar-refractivity contribution >= 4 is 34.1 Å². The van der Waals surface area contributed by atoms with Crippen molar-refractivity contribution in [2.45, 2.75) is 4.90 Å². The molecule has 7 heteroatoms. The number of nitrogens with one attached hydrogen (secondary N) is 1. The van der Waals surface area contributed by atoms with Gasteiger partial charge in [0.05, 0.1) is 11.3 Å². The lowest BCUT2D eigenvalue weighted by Gasteiger charge is -2.06. The second kappa shape index (κ2) is 7.11. The highest BCUT2D eigenvalue weighted by Gasteiger charge is 2.14. The van der Waals surface area contributed by atoms with Gasteiger partial charge in [0.25, 0.3) is 5.91 Å². The first-order valence-electron chi connectivity index (χ1n) is 6.94. The molecule has 0 unspecified atom stereocenters. The Morgan fingerprint density at radius 3 is 2.79 bits per heavy atom. The van der Waals surface area contributed by atoms with Crippen molar-refractivity contribution in [2.75, 3.05) is 11.6 Å². The molecule has 1 heterocycles. The maximum absolute atomic E-state index is 13.8. The summed E-state index contributed by atoms with van der Waals surface area (Å²) in [4.78, 5) is 17.4. The number of aromatic nitrogens is 1. The van der Waals surface area contributed by atoms with E-state index in [2.05, 4.69) is 10.3 Å². The number of amides is 1. The van der Waals surface area contributed by atoms with Gasteiger partial charge in [0.1, 0.15) is 11.6 Å². The van der Waals surface area contributed by atoms with Crippen molar-refractivity contribution in [3.63, 3.8) is 0 Å². The largest absolute Gasteiger partial charge is 0.298 e. The number of nitrogens with zero attached hydrogens (tertiary/aromatic N) is 1. The number of carbonyl (C=O) groups is 1.